The molecular formula is C31H37N3O4. The van der Waals surface area contributed by atoms with Crippen molar-refractivity contribution < 1.29 is 18.7 Å². The van der Waals surface area contributed by atoms with Crippen LogP contribution in [-0.2, 0) is 27.4 Å². The second-order valence-corrected chi connectivity index (χ2v) is 9.56. The van der Waals surface area contributed by atoms with E-state index in [2.05, 4.69) is 4.90 Å². The molecule has 7 heteroatoms. The van der Waals surface area contributed by atoms with Crippen LogP contribution < -0.4 is 0 Å². The number of hydrogen-bond acceptors (Lipinski definition) is 5. The first-order valence-electron chi connectivity index (χ1n) is 13.3. The van der Waals surface area contributed by atoms with Gasteiger partial charge in [-0.1, -0.05) is 60.7 Å². The van der Waals surface area contributed by atoms with E-state index in [4.69, 9.17) is 9.15 Å². The van der Waals surface area contributed by atoms with E-state index in [0.29, 0.717) is 19.6 Å². The fourth-order valence-corrected chi connectivity index (χ4v) is 4.47. The van der Waals surface area contributed by atoms with Crippen LogP contribution in [0.2, 0.25) is 0 Å². The van der Waals surface area contributed by atoms with Crippen LogP contribution in [0.4, 0.5) is 0 Å². The number of amides is 2. The molecule has 38 heavy (non-hydrogen) atoms. The second-order valence-electron chi connectivity index (χ2n) is 9.56. The van der Waals surface area contributed by atoms with Crippen molar-refractivity contribution in [3.05, 3.63) is 102 Å². The molecule has 2 heterocycles. The zero-order chi connectivity index (χ0) is 26.6. The summed E-state index contributed by atoms with van der Waals surface area (Å²) in [5.41, 5.74) is 1.97. The molecule has 7 nitrogen and oxygen atoms in total. The van der Waals surface area contributed by atoms with E-state index in [0.717, 1.165) is 61.9 Å². The molecule has 0 unspecified atom stereocenters. The molecule has 4 rings (SSSR count). The maximum Gasteiger partial charge on any atom is 0.247 e. The number of aryl methyl sites for hydroxylation is 1. The SMILES string of the molecule is Cc1ccc(CN(Cc2ccccc2)C(=O)CN(CCCN2CCOCC2)C(=O)C=Cc2ccccc2)o1. The van der Waals surface area contributed by atoms with E-state index in [1.807, 2.05) is 79.7 Å². The highest BCUT2D eigenvalue weighted by Gasteiger charge is 2.22. The van der Waals surface area contributed by atoms with Crippen molar-refractivity contribution in [1.82, 2.24) is 14.7 Å². The molecule has 1 aliphatic heterocycles. The van der Waals surface area contributed by atoms with E-state index in [-0.39, 0.29) is 18.4 Å². The van der Waals surface area contributed by atoms with Crippen LogP contribution in [0.3, 0.4) is 0 Å². The van der Waals surface area contributed by atoms with Gasteiger partial charge in [-0.25, -0.2) is 0 Å². The van der Waals surface area contributed by atoms with Gasteiger partial charge < -0.3 is 19.0 Å². The molecule has 1 aromatic heterocycles. The Kier molecular flexibility index (Phi) is 10.3. The number of morpholine rings is 1. The van der Waals surface area contributed by atoms with Gasteiger partial charge >= 0.3 is 0 Å². The third kappa shape index (κ3) is 8.71. The third-order valence-electron chi connectivity index (χ3n) is 6.57. The van der Waals surface area contributed by atoms with E-state index >= 15 is 0 Å². The Morgan fingerprint density at radius 3 is 2.29 bits per heavy atom. The molecular weight excluding hydrogens is 478 g/mol. The van der Waals surface area contributed by atoms with Crippen molar-refractivity contribution in [2.24, 2.45) is 0 Å². The first-order valence-corrected chi connectivity index (χ1v) is 13.3. The molecule has 0 saturated carbocycles. The van der Waals surface area contributed by atoms with Crippen molar-refractivity contribution >= 4 is 17.9 Å². The number of carbonyl (C=O) groups excluding carboxylic acids is 2. The van der Waals surface area contributed by atoms with Crippen molar-refractivity contribution in [1.29, 1.82) is 0 Å². The predicted octanol–water partition coefficient (Wildman–Crippen LogP) is 4.38. The monoisotopic (exact) mass is 515 g/mol. The molecule has 0 radical (unpaired) electrons. The molecule has 1 aliphatic rings. The standard InChI is InChI=1S/C31H37N3O4/c1-26-13-15-29(38-26)24-34(23-28-11-6-3-7-12-28)31(36)25-33(18-8-17-32-19-21-37-22-20-32)30(35)16-14-27-9-4-2-5-10-27/h2-7,9-16H,8,17-25H2,1H3. The Bertz CT molecular complexity index is 1170. The fourth-order valence-electron chi connectivity index (χ4n) is 4.47. The van der Waals surface area contributed by atoms with Crippen LogP contribution in [0, 0.1) is 6.92 Å². The zero-order valence-electron chi connectivity index (χ0n) is 22.1. The molecule has 2 amide bonds. The van der Waals surface area contributed by atoms with Gasteiger partial charge in [0.05, 0.1) is 19.8 Å². The molecule has 0 aliphatic carbocycles. The van der Waals surface area contributed by atoms with Crippen LogP contribution in [0.1, 0.15) is 29.1 Å². The molecule has 200 valence electrons. The first kappa shape index (κ1) is 27.4. The summed E-state index contributed by atoms with van der Waals surface area (Å²) in [6, 6.07) is 23.4. The summed E-state index contributed by atoms with van der Waals surface area (Å²) in [4.78, 5) is 32.7. The molecule has 0 N–H and O–H groups in total. The van der Waals surface area contributed by atoms with Crippen LogP contribution in [0.5, 0.6) is 0 Å². The summed E-state index contributed by atoms with van der Waals surface area (Å²) in [6.07, 6.45) is 4.15. The third-order valence-corrected chi connectivity index (χ3v) is 6.57. The normalized spacial score (nSPS) is 14.0. The molecule has 2 aromatic carbocycles. The van der Waals surface area contributed by atoms with Gasteiger partial charge in [0, 0.05) is 38.8 Å². The summed E-state index contributed by atoms with van der Waals surface area (Å²) >= 11 is 0. The largest absolute Gasteiger partial charge is 0.464 e. The van der Waals surface area contributed by atoms with E-state index < -0.39 is 0 Å². The minimum atomic E-state index is -0.169. The van der Waals surface area contributed by atoms with E-state index in [1.165, 1.54) is 0 Å². The Balaban J connectivity index is 1.46. The van der Waals surface area contributed by atoms with Gasteiger partial charge in [0.2, 0.25) is 11.8 Å². The van der Waals surface area contributed by atoms with Crippen LogP contribution in [-0.4, -0.2) is 72.5 Å². The number of nitrogens with zero attached hydrogens (tertiary/aromatic N) is 3. The quantitative estimate of drug-likeness (QED) is 0.335. The number of hydrogen-bond donors (Lipinski definition) is 0. The van der Waals surface area contributed by atoms with Crippen LogP contribution >= 0.6 is 0 Å². The van der Waals surface area contributed by atoms with Gasteiger partial charge in [0.25, 0.3) is 0 Å². The number of furan rings is 1. The Hall–Kier alpha value is -3.68. The number of carbonyl (C=O) groups is 2. The topological polar surface area (TPSA) is 66.2 Å². The lowest BCUT2D eigenvalue weighted by Crippen LogP contribution is -2.43. The van der Waals surface area contributed by atoms with Crippen LogP contribution in [0.15, 0.2) is 83.3 Å². The van der Waals surface area contributed by atoms with Gasteiger partial charge in [-0.3, -0.25) is 14.5 Å². The first-order chi connectivity index (χ1) is 18.6. The Morgan fingerprint density at radius 2 is 1.61 bits per heavy atom. The predicted molar refractivity (Wildman–Crippen MR) is 148 cm³/mol. The maximum atomic E-state index is 13.7. The Morgan fingerprint density at radius 1 is 0.895 bits per heavy atom. The summed E-state index contributed by atoms with van der Waals surface area (Å²) in [5, 5.41) is 0. The summed E-state index contributed by atoms with van der Waals surface area (Å²) in [5.74, 6) is 1.24. The van der Waals surface area contributed by atoms with Gasteiger partial charge in [-0.05, 0) is 42.7 Å². The molecule has 0 spiro atoms. The highest BCUT2D eigenvalue weighted by atomic mass is 16.5. The summed E-state index contributed by atoms with van der Waals surface area (Å²) in [7, 11) is 0. The van der Waals surface area contributed by atoms with Crippen molar-refractivity contribution in [2.75, 3.05) is 45.9 Å². The average Bonchev–Trinajstić information content (AvgIpc) is 3.36. The van der Waals surface area contributed by atoms with Gasteiger partial charge in [-0.15, -0.1) is 0 Å². The average molecular weight is 516 g/mol. The molecule has 1 fully saturated rings. The van der Waals surface area contributed by atoms with Crippen LogP contribution in [0.25, 0.3) is 6.08 Å². The molecule has 3 aromatic rings. The maximum absolute atomic E-state index is 13.7. The summed E-state index contributed by atoms with van der Waals surface area (Å²) in [6.45, 7) is 7.32. The molecule has 0 bridgehead atoms. The van der Waals surface area contributed by atoms with Gasteiger partial charge in [0.1, 0.15) is 18.1 Å². The summed E-state index contributed by atoms with van der Waals surface area (Å²) < 4.78 is 11.2. The molecule has 1 saturated heterocycles. The minimum absolute atomic E-state index is 0.00754. The van der Waals surface area contributed by atoms with Gasteiger partial charge in [0.15, 0.2) is 0 Å². The van der Waals surface area contributed by atoms with Crippen molar-refractivity contribution in [3.8, 4) is 0 Å². The second kappa shape index (κ2) is 14.3. The number of ether oxygens (including phenoxy) is 1. The lowest BCUT2D eigenvalue weighted by Gasteiger charge is -2.29. The molecule has 0 atom stereocenters. The number of benzene rings is 2. The lowest BCUT2D eigenvalue weighted by molar-refractivity contribution is -0.139. The Labute approximate surface area is 225 Å². The zero-order valence-corrected chi connectivity index (χ0v) is 22.1. The van der Waals surface area contributed by atoms with Crippen molar-refractivity contribution in [3.63, 3.8) is 0 Å². The number of rotatable bonds is 12. The lowest BCUT2D eigenvalue weighted by atomic mass is 10.2. The van der Waals surface area contributed by atoms with Gasteiger partial charge in [-0.2, -0.15) is 0 Å². The fraction of sp³-hybridized carbons (Fsp3) is 0.355. The van der Waals surface area contributed by atoms with E-state index in [9.17, 15) is 9.59 Å². The highest BCUT2D eigenvalue weighted by molar-refractivity contribution is 5.94. The smallest absolute Gasteiger partial charge is 0.247 e. The minimum Gasteiger partial charge on any atom is -0.464 e. The van der Waals surface area contributed by atoms with E-state index in [1.54, 1.807) is 22.0 Å². The van der Waals surface area contributed by atoms with Crippen molar-refractivity contribution in [2.45, 2.75) is 26.4 Å². The highest BCUT2D eigenvalue weighted by Crippen LogP contribution is 2.14.